The molecule has 0 saturated heterocycles. The first-order chi connectivity index (χ1) is 9.11. The number of nitrogens with zero attached hydrogens (tertiary/aromatic N) is 2. The van der Waals surface area contributed by atoms with Crippen LogP contribution in [0.1, 0.15) is 16.7 Å². The summed E-state index contributed by atoms with van der Waals surface area (Å²) >= 11 is 5.85. The van der Waals surface area contributed by atoms with Gasteiger partial charge >= 0.3 is 0 Å². The summed E-state index contributed by atoms with van der Waals surface area (Å²) in [6.07, 6.45) is 1.22. The van der Waals surface area contributed by atoms with Crippen molar-refractivity contribution in [1.82, 2.24) is 4.98 Å². The van der Waals surface area contributed by atoms with Gasteiger partial charge in [-0.3, -0.25) is 0 Å². The second-order valence-corrected chi connectivity index (χ2v) is 4.82. The number of anilines is 1. The zero-order valence-corrected chi connectivity index (χ0v) is 11.8. The van der Waals surface area contributed by atoms with Crippen molar-refractivity contribution in [3.05, 3.63) is 59.0 Å². The lowest BCUT2D eigenvalue weighted by Gasteiger charge is -2.21. The lowest BCUT2D eigenvalue weighted by atomic mass is 10.1. The number of hydrogen-bond donors (Lipinski definition) is 0. The van der Waals surface area contributed by atoms with Gasteiger partial charge in [0.25, 0.3) is 0 Å². The van der Waals surface area contributed by atoms with Gasteiger partial charge in [0, 0.05) is 19.2 Å². The third-order valence-electron chi connectivity index (χ3n) is 3.08. The van der Waals surface area contributed by atoms with Crippen LogP contribution in [-0.2, 0) is 12.4 Å². The van der Waals surface area contributed by atoms with Crippen molar-refractivity contribution in [3.63, 3.8) is 0 Å². The van der Waals surface area contributed by atoms with E-state index in [0.717, 1.165) is 12.4 Å². The third-order valence-corrected chi connectivity index (χ3v) is 3.37. The average molecular weight is 279 g/mol. The van der Waals surface area contributed by atoms with Gasteiger partial charge in [0.2, 0.25) is 0 Å². The molecule has 1 aromatic heterocycles. The topological polar surface area (TPSA) is 16.1 Å². The number of aromatic nitrogens is 1. The highest BCUT2D eigenvalue weighted by atomic mass is 35.5. The van der Waals surface area contributed by atoms with Gasteiger partial charge in [-0.2, -0.15) is 0 Å². The van der Waals surface area contributed by atoms with E-state index in [0.29, 0.717) is 5.56 Å². The highest BCUT2D eigenvalue weighted by Crippen LogP contribution is 2.21. The molecule has 0 unspecified atom stereocenters. The number of alkyl halides is 1. The Hall–Kier alpha value is -1.61. The molecule has 0 N–H and O–H groups in total. The predicted octanol–water partition coefficient (Wildman–Crippen LogP) is 3.90. The van der Waals surface area contributed by atoms with E-state index in [2.05, 4.69) is 24.0 Å². The average Bonchev–Trinajstić information content (AvgIpc) is 2.41. The van der Waals surface area contributed by atoms with Crippen molar-refractivity contribution < 1.29 is 4.39 Å². The fourth-order valence-corrected chi connectivity index (χ4v) is 2.23. The molecule has 0 aliphatic carbocycles. The number of hydrogen-bond acceptors (Lipinski definition) is 2. The predicted molar refractivity (Wildman–Crippen MR) is 77.0 cm³/mol. The molecule has 0 spiro atoms. The van der Waals surface area contributed by atoms with Gasteiger partial charge < -0.3 is 4.90 Å². The maximum Gasteiger partial charge on any atom is 0.141 e. The molecule has 2 nitrogen and oxygen atoms in total. The van der Waals surface area contributed by atoms with E-state index in [1.54, 1.807) is 0 Å². The van der Waals surface area contributed by atoms with E-state index >= 15 is 0 Å². The summed E-state index contributed by atoms with van der Waals surface area (Å²) in [6.45, 7) is 2.79. The SMILES string of the molecule is Cc1ccccc1CN(C)c1ncc(F)cc1CCl. The molecule has 2 rings (SSSR count). The fourth-order valence-electron chi connectivity index (χ4n) is 2.03. The van der Waals surface area contributed by atoms with Crippen LogP contribution >= 0.6 is 11.6 Å². The quantitative estimate of drug-likeness (QED) is 0.789. The van der Waals surface area contributed by atoms with Gasteiger partial charge in [-0.05, 0) is 24.1 Å². The molecule has 1 aromatic carbocycles. The van der Waals surface area contributed by atoms with E-state index in [1.165, 1.54) is 23.4 Å². The Bertz CT molecular complexity index is 572. The summed E-state index contributed by atoms with van der Waals surface area (Å²) < 4.78 is 13.1. The largest absolute Gasteiger partial charge is 0.355 e. The van der Waals surface area contributed by atoms with Crippen molar-refractivity contribution in [2.24, 2.45) is 0 Å². The molecule has 1 heterocycles. The Morgan fingerprint density at radius 3 is 2.68 bits per heavy atom. The van der Waals surface area contributed by atoms with Gasteiger partial charge in [0.15, 0.2) is 0 Å². The number of aryl methyl sites for hydroxylation is 1. The van der Waals surface area contributed by atoms with E-state index in [1.807, 2.05) is 24.1 Å². The summed E-state index contributed by atoms with van der Waals surface area (Å²) in [7, 11) is 1.93. The van der Waals surface area contributed by atoms with Crippen LogP contribution in [0.25, 0.3) is 0 Å². The van der Waals surface area contributed by atoms with Crippen molar-refractivity contribution in [3.8, 4) is 0 Å². The Morgan fingerprint density at radius 2 is 2.00 bits per heavy atom. The summed E-state index contributed by atoms with van der Waals surface area (Å²) in [6, 6.07) is 9.61. The second-order valence-electron chi connectivity index (χ2n) is 4.55. The van der Waals surface area contributed by atoms with Crippen molar-refractivity contribution in [2.45, 2.75) is 19.3 Å². The van der Waals surface area contributed by atoms with Crippen LogP contribution in [0.2, 0.25) is 0 Å². The first kappa shape index (κ1) is 13.8. The fraction of sp³-hybridized carbons (Fsp3) is 0.267. The van der Waals surface area contributed by atoms with Crippen LogP contribution in [-0.4, -0.2) is 12.0 Å². The van der Waals surface area contributed by atoms with Crippen molar-refractivity contribution >= 4 is 17.4 Å². The molecular weight excluding hydrogens is 263 g/mol. The molecule has 0 radical (unpaired) electrons. The van der Waals surface area contributed by atoms with E-state index in [4.69, 9.17) is 11.6 Å². The summed E-state index contributed by atoms with van der Waals surface area (Å²) in [5.41, 5.74) is 3.15. The van der Waals surface area contributed by atoms with Crippen molar-refractivity contribution in [2.75, 3.05) is 11.9 Å². The first-order valence-electron chi connectivity index (χ1n) is 6.08. The number of benzene rings is 1. The first-order valence-corrected chi connectivity index (χ1v) is 6.61. The molecule has 2 aromatic rings. The van der Waals surface area contributed by atoms with E-state index in [9.17, 15) is 4.39 Å². The van der Waals surface area contributed by atoms with Gasteiger partial charge in [-0.1, -0.05) is 24.3 Å². The molecule has 0 aliphatic rings. The number of halogens is 2. The Balaban J connectivity index is 2.25. The standard InChI is InChI=1S/C15H16ClFN2/c1-11-5-3-4-6-12(11)10-19(2)15-13(8-16)7-14(17)9-18-15/h3-7,9H,8,10H2,1-2H3. The molecule has 0 fully saturated rings. The molecule has 0 atom stereocenters. The summed E-state index contributed by atoms with van der Waals surface area (Å²) in [5, 5.41) is 0. The van der Waals surface area contributed by atoms with Crippen LogP contribution in [0.4, 0.5) is 10.2 Å². The van der Waals surface area contributed by atoms with Gasteiger partial charge in [-0.15, -0.1) is 11.6 Å². The van der Waals surface area contributed by atoms with E-state index < -0.39 is 0 Å². The molecule has 19 heavy (non-hydrogen) atoms. The highest BCUT2D eigenvalue weighted by molar-refractivity contribution is 6.17. The number of rotatable bonds is 4. The smallest absolute Gasteiger partial charge is 0.141 e. The second kappa shape index (κ2) is 6.02. The molecule has 0 aliphatic heterocycles. The zero-order chi connectivity index (χ0) is 13.8. The van der Waals surface area contributed by atoms with E-state index in [-0.39, 0.29) is 11.7 Å². The molecular formula is C15H16ClFN2. The maximum atomic E-state index is 13.1. The van der Waals surface area contributed by atoms with Crippen LogP contribution in [0.3, 0.4) is 0 Å². The normalized spacial score (nSPS) is 10.5. The van der Waals surface area contributed by atoms with Crippen molar-refractivity contribution in [1.29, 1.82) is 0 Å². The Morgan fingerprint density at radius 1 is 1.26 bits per heavy atom. The lowest BCUT2D eigenvalue weighted by Crippen LogP contribution is -2.20. The third kappa shape index (κ3) is 3.24. The lowest BCUT2D eigenvalue weighted by molar-refractivity contribution is 0.619. The van der Waals surface area contributed by atoms with Gasteiger partial charge in [0.1, 0.15) is 11.6 Å². The molecule has 4 heteroatoms. The molecule has 0 bridgehead atoms. The Labute approximate surface area is 117 Å². The number of pyridine rings is 1. The minimum Gasteiger partial charge on any atom is -0.355 e. The highest BCUT2D eigenvalue weighted by Gasteiger charge is 2.11. The van der Waals surface area contributed by atoms with Gasteiger partial charge in [0.05, 0.1) is 12.1 Å². The molecule has 0 amide bonds. The van der Waals surface area contributed by atoms with Crippen LogP contribution < -0.4 is 4.90 Å². The van der Waals surface area contributed by atoms with Crippen LogP contribution in [0.15, 0.2) is 36.5 Å². The summed E-state index contributed by atoms with van der Waals surface area (Å²) in [4.78, 5) is 6.13. The molecule has 100 valence electrons. The summed E-state index contributed by atoms with van der Waals surface area (Å²) in [5.74, 6) is 0.612. The maximum absolute atomic E-state index is 13.1. The van der Waals surface area contributed by atoms with Gasteiger partial charge in [-0.25, -0.2) is 9.37 Å². The van der Waals surface area contributed by atoms with Crippen LogP contribution in [0.5, 0.6) is 0 Å². The minimum atomic E-state index is -0.358. The Kier molecular flexibility index (Phi) is 4.38. The molecule has 0 saturated carbocycles. The van der Waals surface area contributed by atoms with Crippen LogP contribution in [0, 0.1) is 12.7 Å². The minimum absolute atomic E-state index is 0.248. The zero-order valence-electron chi connectivity index (χ0n) is 11.0. The monoisotopic (exact) mass is 278 g/mol.